The topological polar surface area (TPSA) is 47.6 Å². The highest BCUT2D eigenvalue weighted by atomic mass is 32.2. The summed E-state index contributed by atoms with van der Waals surface area (Å²) in [4.78, 5) is 11.8. The van der Waals surface area contributed by atoms with Gasteiger partial charge < -0.3 is 14.8 Å². The van der Waals surface area contributed by atoms with Crippen LogP contribution in [-0.4, -0.2) is 43.3 Å². The monoisotopic (exact) mass is 339 g/mol. The molecule has 0 bridgehead atoms. The van der Waals surface area contributed by atoms with Gasteiger partial charge in [0.1, 0.15) is 5.75 Å². The summed E-state index contributed by atoms with van der Waals surface area (Å²) >= 11 is 3.97. The van der Waals surface area contributed by atoms with Crippen LogP contribution < -0.4 is 10.1 Å². The fraction of sp³-hybridized carbons (Fsp3) is 0.562. The predicted octanol–water partition coefficient (Wildman–Crippen LogP) is 2.84. The minimum absolute atomic E-state index is 0.0546. The molecule has 2 saturated heterocycles. The molecule has 0 aromatic heterocycles. The maximum absolute atomic E-state index is 11.8. The van der Waals surface area contributed by atoms with Gasteiger partial charge in [-0.2, -0.15) is 0 Å². The van der Waals surface area contributed by atoms with Crippen LogP contribution in [0.5, 0.6) is 5.75 Å². The molecule has 0 unspecified atom stereocenters. The van der Waals surface area contributed by atoms with E-state index < -0.39 is 0 Å². The first-order chi connectivity index (χ1) is 10.8. The minimum atomic E-state index is -0.0959. The number of thioether (sulfide) groups is 2. The highest BCUT2D eigenvalue weighted by Crippen LogP contribution is 2.45. The summed E-state index contributed by atoms with van der Waals surface area (Å²) in [5.74, 6) is 3.09. The van der Waals surface area contributed by atoms with E-state index in [-0.39, 0.29) is 18.6 Å². The molecule has 22 heavy (non-hydrogen) atoms. The Morgan fingerprint density at radius 1 is 1.27 bits per heavy atom. The Hall–Kier alpha value is -0.850. The molecule has 1 N–H and O–H groups in total. The molecule has 1 amide bonds. The lowest BCUT2D eigenvalue weighted by Crippen LogP contribution is -2.35. The zero-order valence-corrected chi connectivity index (χ0v) is 14.1. The number of benzene rings is 1. The molecule has 120 valence electrons. The van der Waals surface area contributed by atoms with Gasteiger partial charge in [-0.1, -0.05) is 12.1 Å². The van der Waals surface area contributed by atoms with E-state index in [1.165, 1.54) is 17.1 Å². The summed E-state index contributed by atoms with van der Waals surface area (Å²) in [7, 11) is 0. The number of hydrogen-bond acceptors (Lipinski definition) is 5. The fourth-order valence-corrected chi connectivity index (χ4v) is 5.36. The van der Waals surface area contributed by atoms with Crippen LogP contribution in [0.1, 0.15) is 23.0 Å². The van der Waals surface area contributed by atoms with E-state index in [1.54, 1.807) is 0 Å². The van der Waals surface area contributed by atoms with Crippen LogP contribution in [0, 0.1) is 0 Å². The van der Waals surface area contributed by atoms with Crippen molar-refractivity contribution in [3.63, 3.8) is 0 Å². The first kappa shape index (κ1) is 16.0. The minimum Gasteiger partial charge on any atom is -0.484 e. The number of ether oxygens (including phenoxy) is 2. The van der Waals surface area contributed by atoms with Crippen molar-refractivity contribution in [2.45, 2.75) is 23.5 Å². The van der Waals surface area contributed by atoms with Gasteiger partial charge in [0.05, 0.1) is 10.7 Å². The molecular formula is C16H21NO3S2. The van der Waals surface area contributed by atoms with Crippen LogP contribution in [0.2, 0.25) is 0 Å². The first-order valence-corrected chi connectivity index (χ1v) is 9.75. The third-order valence-corrected chi connectivity index (χ3v) is 6.80. The summed E-state index contributed by atoms with van der Waals surface area (Å²) in [6.45, 7) is 1.44. The summed E-state index contributed by atoms with van der Waals surface area (Å²) in [6, 6.07) is 8.08. The number of amides is 1. The Morgan fingerprint density at radius 2 is 2.05 bits per heavy atom. The smallest absolute Gasteiger partial charge is 0.258 e. The standard InChI is InChI=1S/C16H21NO3S2/c18-15(17-10-14-2-1-7-19-14)11-20-13-5-3-12(4-6-13)16-21-8-9-22-16/h3-6,14,16H,1-2,7-11H2,(H,17,18)/t14-/m1/s1. The molecule has 1 atom stereocenters. The SMILES string of the molecule is O=C(COc1ccc(C2SCCS2)cc1)NC[C@H]1CCCO1. The van der Waals surface area contributed by atoms with Crippen molar-refractivity contribution >= 4 is 29.4 Å². The van der Waals surface area contributed by atoms with Crippen LogP contribution in [0.4, 0.5) is 0 Å². The van der Waals surface area contributed by atoms with Gasteiger partial charge in [-0.05, 0) is 30.5 Å². The lowest BCUT2D eigenvalue weighted by atomic mass is 10.2. The predicted molar refractivity (Wildman–Crippen MR) is 91.6 cm³/mol. The van der Waals surface area contributed by atoms with Gasteiger partial charge in [0, 0.05) is 24.7 Å². The van der Waals surface area contributed by atoms with Crippen LogP contribution in [0.15, 0.2) is 24.3 Å². The van der Waals surface area contributed by atoms with Gasteiger partial charge in [0.25, 0.3) is 5.91 Å². The highest BCUT2D eigenvalue weighted by Gasteiger charge is 2.18. The normalized spacial score (nSPS) is 21.9. The number of carbonyl (C=O) groups is 1. The second kappa shape index (κ2) is 8.13. The molecule has 1 aromatic rings. The average molecular weight is 339 g/mol. The lowest BCUT2D eigenvalue weighted by Gasteiger charge is -2.12. The first-order valence-electron chi connectivity index (χ1n) is 7.65. The summed E-state index contributed by atoms with van der Waals surface area (Å²) < 4.78 is 11.5. The molecule has 2 aliphatic heterocycles. The highest BCUT2D eigenvalue weighted by molar-refractivity contribution is 8.19. The van der Waals surface area contributed by atoms with Crippen molar-refractivity contribution in [3.05, 3.63) is 29.8 Å². The van der Waals surface area contributed by atoms with Gasteiger partial charge in [0.15, 0.2) is 6.61 Å². The molecule has 0 spiro atoms. The zero-order chi connectivity index (χ0) is 15.2. The molecule has 4 nitrogen and oxygen atoms in total. The average Bonchev–Trinajstić information content (AvgIpc) is 3.24. The quantitative estimate of drug-likeness (QED) is 0.863. The molecule has 2 aliphatic rings. The van der Waals surface area contributed by atoms with Gasteiger partial charge in [0.2, 0.25) is 0 Å². The number of rotatable bonds is 6. The molecule has 2 fully saturated rings. The second-order valence-corrected chi connectivity index (χ2v) is 8.09. The van der Waals surface area contributed by atoms with Crippen molar-refractivity contribution in [1.29, 1.82) is 0 Å². The molecule has 1 aromatic carbocycles. The summed E-state index contributed by atoms with van der Waals surface area (Å²) in [5, 5.41) is 2.86. The third-order valence-electron chi connectivity index (χ3n) is 3.69. The van der Waals surface area contributed by atoms with Crippen molar-refractivity contribution < 1.29 is 14.3 Å². The summed E-state index contributed by atoms with van der Waals surface area (Å²) in [6.07, 6.45) is 2.28. The maximum Gasteiger partial charge on any atom is 0.258 e. The molecule has 2 heterocycles. The molecule has 3 rings (SSSR count). The van der Waals surface area contributed by atoms with Crippen molar-refractivity contribution in [3.8, 4) is 5.75 Å². The van der Waals surface area contributed by atoms with Gasteiger partial charge >= 0.3 is 0 Å². The number of carbonyl (C=O) groups excluding carboxylic acids is 1. The fourth-order valence-electron chi connectivity index (χ4n) is 2.50. The van der Waals surface area contributed by atoms with E-state index in [9.17, 15) is 4.79 Å². The van der Waals surface area contributed by atoms with E-state index in [0.29, 0.717) is 11.1 Å². The lowest BCUT2D eigenvalue weighted by molar-refractivity contribution is -0.123. The van der Waals surface area contributed by atoms with Gasteiger partial charge in [-0.3, -0.25) is 4.79 Å². The van der Waals surface area contributed by atoms with E-state index in [4.69, 9.17) is 9.47 Å². The molecule has 0 radical (unpaired) electrons. The molecular weight excluding hydrogens is 318 g/mol. The van der Waals surface area contributed by atoms with E-state index in [1.807, 2.05) is 35.7 Å². The zero-order valence-electron chi connectivity index (χ0n) is 12.5. The van der Waals surface area contributed by atoms with Crippen LogP contribution in [-0.2, 0) is 9.53 Å². The van der Waals surface area contributed by atoms with Crippen molar-refractivity contribution in [2.24, 2.45) is 0 Å². The number of nitrogens with one attached hydrogen (secondary N) is 1. The Kier molecular flexibility index (Phi) is 5.92. The van der Waals surface area contributed by atoms with E-state index >= 15 is 0 Å². The molecule has 0 saturated carbocycles. The summed E-state index contributed by atoms with van der Waals surface area (Å²) in [5.41, 5.74) is 1.32. The largest absolute Gasteiger partial charge is 0.484 e. The van der Waals surface area contributed by atoms with Crippen molar-refractivity contribution in [1.82, 2.24) is 5.32 Å². The Morgan fingerprint density at radius 3 is 2.73 bits per heavy atom. The van der Waals surface area contributed by atoms with Crippen LogP contribution in [0.25, 0.3) is 0 Å². The third kappa shape index (κ3) is 4.57. The maximum atomic E-state index is 11.8. The molecule has 6 heteroatoms. The van der Waals surface area contributed by atoms with E-state index in [2.05, 4.69) is 17.4 Å². The Bertz CT molecular complexity index is 483. The van der Waals surface area contributed by atoms with Crippen LogP contribution >= 0.6 is 23.5 Å². The Balaban J connectivity index is 1.39. The van der Waals surface area contributed by atoms with Gasteiger partial charge in [-0.25, -0.2) is 0 Å². The number of hydrogen-bond donors (Lipinski definition) is 1. The van der Waals surface area contributed by atoms with Gasteiger partial charge in [-0.15, -0.1) is 23.5 Å². The molecule has 0 aliphatic carbocycles. The Labute approximate surface area is 139 Å². The van der Waals surface area contributed by atoms with E-state index in [0.717, 1.165) is 25.2 Å². The van der Waals surface area contributed by atoms with Crippen LogP contribution in [0.3, 0.4) is 0 Å². The van der Waals surface area contributed by atoms with Crippen molar-refractivity contribution in [2.75, 3.05) is 31.3 Å². The second-order valence-electron chi connectivity index (χ2n) is 5.37.